The zero-order chi connectivity index (χ0) is 17.7. The Morgan fingerprint density at radius 2 is 2.00 bits per heavy atom. The Morgan fingerprint density at radius 3 is 2.76 bits per heavy atom. The minimum atomic E-state index is 0.119. The van der Waals surface area contributed by atoms with Gasteiger partial charge in [-0.25, -0.2) is 9.67 Å². The fraction of sp³-hybridized carbons (Fsp3) is 0.250. The fourth-order valence-corrected chi connectivity index (χ4v) is 3.07. The van der Waals surface area contributed by atoms with Crippen molar-refractivity contribution < 1.29 is 4.42 Å². The average Bonchev–Trinajstić information content (AvgIpc) is 3.06. The summed E-state index contributed by atoms with van der Waals surface area (Å²) in [7, 11) is 0. The molecule has 0 aliphatic heterocycles. The van der Waals surface area contributed by atoms with Crippen LogP contribution in [0.5, 0.6) is 0 Å². The van der Waals surface area contributed by atoms with E-state index in [0.29, 0.717) is 40.3 Å². The lowest BCUT2D eigenvalue weighted by Crippen LogP contribution is -2.07. The Morgan fingerprint density at radius 1 is 1.20 bits per heavy atom. The smallest absolute Gasteiger partial charge is 0.292 e. The van der Waals surface area contributed by atoms with Crippen molar-refractivity contribution in [1.82, 2.24) is 24.7 Å². The van der Waals surface area contributed by atoms with Crippen LogP contribution in [0.15, 0.2) is 22.6 Å². The molecular formula is C16H16ClN7O. The number of nitrogens with zero attached hydrogens (tertiary/aromatic N) is 5. The monoisotopic (exact) mass is 357 g/mol. The highest BCUT2D eigenvalue weighted by atomic mass is 35.5. The topological polar surface area (TPSA) is 122 Å². The number of oxazole rings is 1. The van der Waals surface area contributed by atoms with Crippen LogP contribution in [-0.2, 0) is 6.54 Å². The van der Waals surface area contributed by atoms with Crippen LogP contribution in [0.3, 0.4) is 0 Å². The highest BCUT2D eigenvalue weighted by molar-refractivity contribution is 6.35. The predicted octanol–water partition coefficient (Wildman–Crippen LogP) is 3.11. The molecule has 4 aromatic rings. The zero-order valence-corrected chi connectivity index (χ0v) is 14.4. The van der Waals surface area contributed by atoms with Crippen LogP contribution < -0.4 is 11.5 Å². The van der Waals surface area contributed by atoms with E-state index in [4.69, 9.17) is 32.6 Å². The summed E-state index contributed by atoms with van der Waals surface area (Å²) in [5, 5.41) is 5.63. The molecule has 0 aliphatic carbocycles. The van der Waals surface area contributed by atoms with Gasteiger partial charge in [-0.15, -0.1) is 0 Å². The van der Waals surface area contributed by atoms with Gasteiger partial charge in [-0.05, 0) is 24.1 Å². The highest BCUT2D eigenvalue weighted by Gasteiger charge is 2.20. The lowest BCUT2D eigenvalue weighted by molar-refractivity contribution is 0.493. The van der Waals surface area contributed by atoms with Crippen molar-refractivity contribution in [1.29, 1.82) is 0 Å². The van der Waals surface area contributed by atoms with Crippen molar-refractivity contribution >= 4 is 45.7 Å². The molecule has 0 aliphatic rings. The molecule has 0 unspecified atom stereocenters. The first kappa shape index (κ1) is 15.6. The van der Waals surface area contributed by atoms with Crippen molar-refractivity contribution in [2.24, 2.45) is 5.92 Å². The van der Waals surface area contributed by atoms with Crippen molar-refractivity contribution in [3.63, 3.8) is 0 Å². The second-order valence-electron chi connectivity index (χ2n) is 6.23. The highest BCUT2D eigenvalue weighted by Crippen LogP contribution is 2.34. The second kappa shape index (κ2) is 5.59. The summed E-state index contributed by atoms with van der Waals surface area (Å²) in [4.78, 5) is 12.6. The molecule has 0 fully saturated rings. The van der Waals surface area contributed by atoms with E-state index in [2.05, 4.69) is 28.8 Å². The average molecular weight is 358 g/mol. The van der Waals surface area contributed by atoms with Crippen LogP contribution in [0.4, 0.5) is 12.0 Å². The summed E-state index contributed by atoms with van der Waals surface area (Å²) in [5.41, 5.74) is 14.7. The summed E-state index contributed by atoms with van der Waals surface area (Å²) < 4.78 is 7.12. The number of nitrogens with two attached hydrogens (primary N) is 2. The van der Waals surface area contributed by atoms with Gasteiger partial charge in [-0.3, -0.25) is 0 Å². The SMILES string of the molecule is CC(C)Cn1nc(-c2ccc3oc(N)nc3c2)c2c(Cl)nc(N)nc21. The number of fused-ring (bicyclic) bond motifs is 2. The number of rotatable bonds is 3. The first-order chi connectivity index (χ1) is 11.9. The third-order valence-corrected chi connectivity index (χ3v) is 4.05. The third kappa shape index (κ3) is 2.64. The normalized spacial score (nSPS) is 11.8. The minimum absolute atomic E-state index is 0.119. The Hall–Kier alpha value is -2.87. The molecule has 0 saturated heterocycles. The number of aromatic nitrogens is 5. The van der Waals surface area contributed by atoms with Crippen LogP contribution in [0.2, 0.25) is 5.15 Å². The number of halogens is 1. The Bertz CT molecular complexity index is 1100. The molecule has 25 heavy (non-hydrogen) atoms. The van der Waals surface area contributed by atoms with Gasteiger partial charge in [0.25, 0.3) is 6.01 Å². The van der Waals surface area contributed by atoms with Crippen LogP contribution >= 0.6 is 11.6 Å². The van der Waals surface area contributed by atoms with Gasteiger partial charge >= 0.3 is 0 Å². The van der Waals surface area contributed by atoms with E-state index < -0.39 is 0 Å². The van der Waals surface area contributed by atoms with E-state index in [1.807, 2.05) is 12.1 Å². The van der Waals surface area contributed by atoms with Crippen LogP contribution in [0.1, 0.15) is 13.8 Å². The fourth-order valence-electron chi connectivity index (χ4n) is 2.81. The van der Waals surface area contributed by atoms with E-state index >= 15 is 0 Å². The van der Waals surface area contributed by atoms with Gasteiger partial charge in [-0.1, -0.05) is 25.4 Å². The standard InChI is InChI=1S/C16H16ClN7O/c1-7(2)6-24-14-11(13(17)21-15(18)22-14)12(23-24)8-3-4-10-9(5-8)20-16(19)25-10/h3-5,7H,6H2,1-2H3,(H2,19,20)(H2,18,21,22). The lowest BCUT2D eigenvalue weighted by Gasteiger charge is -2.05. The third-order valence-electron chi connectivity index (χ3n) is 3.78. The largest absolute Gasteiger partial charge is 0.424 e. The molecule has 0 bridgehead atoms. The second-order valence-corrected chi connectivity index (χ2v) is 6.59. The molecule has 1 aromatic carbocycles. The molecule has 4 rings (SSSR count). The number of anilines is 2. The van der Waals surface area contributed by atoms with Crippen LogP contribution in [0.25, 0.3) is 33.4 Å². The number of nitrogen functional groups attached to an aromatic ring is 2. The van der Waals surface area contributed by atoms with Gasteiger partial charge in [0.05, 0.1) is 5.39 Å². The first-order valence-electron chi connectivity index (χ1n) is 7.78. The summed E-state index contributed by atoms with van der Waals surface area (Å²) >= 11 is 6.35. The molecule has 4 N–H and O–H groups in total. The summed E-state index contributed by atoms with van der Waals surface area (Å²) in [6.45, 7) is 4.88. The molecule has 3 heterocycles. The number of benzene rings is 1. The Kier molecular flexibility index (Phi) is 3.50. The summed E-state index contributed by atoms with van der Waals surface area (Å²) in [6, 6.07) is 5.65. The summed E-state index contributed by atoms with van der Waals surface area (Å²) in [6.07, 6.45) is 0. The molecule has 0 radical (unpaired) electrons. The quantitative estimate of drug-likeness (QED) is 0.540. The maximum atomic E-state index is 6.35. The molecule has 9 heteroatoms. The van der Waals surface area contributed by atoms with E-state index in [9.17, 15) is 0 Å². The zero-order valence-electron chi connectivity index (χ0n) is 13.7. The van der Waals surface area contributed by atoms with Gasteiger partial charge in [0.15, 0.2) is 11.2 Å². The minimum Gasteiger partial charge on any atom is -0.424 e. The molecule has 0 amide bonds. The van der Waals surface area contributed by atoms with E-state index in [1.54, 1.807) is 10.7 Å². The number of hydrogen-bond acceptors (Lipinski definition) is 7. The van der Waals surface area contributed by atoms with Gasteiger partial charge in [0, 0.05) is 12.1 Å². The number of hydrogen-bond donors (Lipinski definition) is 2. The van der Waals surface area contributed by atoms with E-state index in [1.165, 1.54) is 0 Å². The predicted molar refractivity (Wildman–Crippen MR) is 97.0 cm³/mol. The molecule has 0 saturated carbocycles. The van der Waals surface area contributed by atoms with Crippen molar-refractivity contribution in [3.8, 4) is 11.3 Å². The van der Waals surface area contributed by atoms with Crippen LogP contribution in [0, 0.1) is 5.92 Å². The van der Waals surface area contributed by atoms with E-state index in [0.717, 1.165) is 5.56 Å². The molecule has 128 valence electrons. The maximum absolute atomic E-state index is 6.35. The summed E-state index contributed by atoms with van der Waals surface area (Å²) in [5.74, 6) is 0.498. The van der Waals surface area contributed by atoms with Crippen LogP contribution in [-0.4, -0.2) is 24.7 Å². The van der Waals surface area contributed by atoms with Gasteiger partial charge in [0.1, 0.15) is 16.4 Å². The van der Waals surface area contributed by atoms with Crippen molar-refractivity contribution in [3.05, 3.63) is 23.4 Å². The maximum Gasteiger partial charge on any atom is 0.292 e. The van der Waals surface area contributed by atoms with Gasteiger partial charge < -0.3 is 15.9 Å². The molecule has 0 spiro atoms. The molecule has 0 atom stereocenters. The Balaban J connectivity index is 1.98. The van der Waals surface area contributed by atoms with Gasteiger partial charge in [-0.2, -0.15) is 15.1 Å². The lowest BCUT2D eigenvalue weighted by atomic mass is 10.1. The molecule has 3 aromatic heterocycles. The first-order valence-corrected chi connectivity index (χ1v) is 8.16. The molecule has 8 nitrogen and oxygen atoms in total. The molecular weight excluding hydrogens is 342 g/mol. The Labute approximate surface area is 147 Å². The van der Waals surface area contributed by atoms with Crippen molar-refractivity contribution in [2.75, 3.05) is 11.5 Å². The van der Waals surface area contributed by atoms with Crippen molar-refractivity contribution in [2.45, 2.75) is 20.4 Å². The van der Waals surface area contributed by atoms with Gasteiger partial charge in [0.2, 0.25) is 5.95 Å². The van der Waals surface area contributed by atoms with E-state index in [-0.39, 0.29) is 17.1 Å².